The van der Waals surface area contributed by atoms with E-state index in [1.165, 1.54) is 31.3 Å². The van der Waals surface area contributed by atoms with Crippen molar-refractivity contribution in [3.8, 4) is 5.75 Å². The number of nitrogens with one attached hydrogen (secondary N) is 2. The van der Waals surface area contributed by atoms with E-state index in [2.05, 4.69) is 10.0 Å². The maximum atomic E-state index is 11.8. The highest BCUT2D eigenvalue weighted by atomic mass is 32.2. The van der Waals surface area contributed by atoms with Crippen LogP contribution in [0.2, 0.25) is 0 Å². The first kappa shape index (κ1) is 16.4. The van der Waals surface area contributed by atoms with E-state index in [9.17, 15) is 13.2 Å². The monoisotopic (exact) mass is 302 g/mol. The molecule has 8 heteroatoms. The van der Waals surface area contributed by atoms with E-state index in [-0.39, 0.29) is 24.0 Å². The molecule has 0 aliphatic heterocycles. The predicted octanol–water partition coefficient (Wildman–Crippen LogP) is -0.529. The molecule has 0 bridgehead atoms. The van der Waals surface area contributed by atoms with Gasteiger partial charge in [-0.15, -0.1) is 0 Å². The van der Waals surface area contributed by atoms with E-state index in [4.69, 9.17) is 9.84 Å². The zero-order valence-electron chi connectivity index (χ0n) is 11.3. The van der Waals surface area contributed by atoms with Gasteiger partial charge in [-0.2, -0.15) is 0 Å². The van der Waals surface area contributed by atoms with Gasteiger partial charge in [0, 0.05) is 13.6 Å². The smallest absolute Gasteiger partial charge is 0.260 e. The van der Waals surface area contributed by atoms with Crippen LogP contribution in [0, 0.1) is 0 Å². The molecule has 0 fully saturated rings. The Balaban J connectivity index is 2.76. The van der Waals surface area contributed by atoms with Gasteiger partial charge >= 0.3 is 0 Å². The summed E-state index contributed by atoms with van der Waals surface area (Å²) >= 11 is 0. The van der Waals surface area contributed by atoms with Crippen molar-refractivity contribution >= 4 is 15.9 Å². The highest BCUT2D eigenvalue weighted by Crippen LogP contribution is 2.17. The Morgan fingerprint density at radius 2 is 1.95 bits per heavy atom. The summed E-state index contributed by atoms with van der Waals surface area (Å²) in [7, 11) is -2.13. The minimum atomic E-state index is -3.63. The lowest BCUT2D eigenvalue weighted by atomic mass is 10.3. The van der Waals surface area contributed by atoms with Crippen LogP contribution in [0.3, 0.4) is 0 Å². The molecule has 3 N–H and O–H groups in total. The van der Waals surface area contributed by atoms with E-state index >= 15 is 0 Å². The van der Waals surface area contributed by atoms with Gasteiger partial charge in [0.25, 0.3) is 5.91 Å². The number of benzene rings is 1. The molecule has 1 atom stereocenters. The zero-order chi connectivity index (χ0) is 15.2. The average molecular weight is 302 g/mol. The Morgan fingerprint density at radius 3 is 2.45 bits per heavy atom. The highest BCUT2D eigenvalue weighted by molar-refractivity contribution is 7.89. The van der Waals surface area contributed by atoms with Gasteiger partial charge in [0.15, 0.2) is 6.10 Å². The molecular weight excluding hydrogens is 284 g/mol. The van der Waals surface area contributed by atoms with Gasteiger partial charge in [-0.3, -0.25) is 4.79 Å². The number of ether oxygens (including phenoxy) is 1. The van der Waals surface area contributed by atoms with Crippen LogP contribution < -0.4 is 14.8 Å². The first-order chi connectivity index (χ1) is 9.40. The van der Waals surface area contributed by atoms with Gasteiger partial charge < -0.3 is 15.2 Å². The normalized spacial score (nSPS) is 12.8. The predicted molar refractivity (Wildman–Crippen MR) is 72.9 cm³/mol. The SMILES string of the molecule is CNC(=O)[C@H](C)Oc1ccc(S(=O)(=O)NCCO)cc1. The summed E-state index contributed by atoms with van der Waals surface area (Å²) < 4.78 is 31.1. The second-order valence-corrected chi connectivity index (χ2v) is 5.73. The molecule has 0 aromatic heterocycles. The number of carbonyl (C=O) groups excluding carboxylic acids is 1. The molecule has 1 aromatic rings. The number of hydrogen-bond donors (Lipinski definition) is 3. The molecule has 20 heavy (non-hydrogen) atoms. The molecule has 0 heterocycles. The standard InChI is InChI=1S/C12H18N2O5S/c1-9(12(16)13-2)19-10-3-5-11(6-4-10)20(17,18)14-7-8-15/h3-6,9,14-15H,7-8H2,1-2H3,(H,13,16)/t9-/m0/s1. The van der Waals surface area contributed by atoms with Gasteiger partial charge in [0.1, 0.15) is 5.75 Å². The second kappa shape index (κ2) is 7.22. The van der Waals surface area contributed by atoms with E-state index in [1.54, 1.807) is 6.92 Å². The van der Waals surface area contributed by atoms with Crippen LogP contribution >= 0.6 is 0 Å². The maximum Gasteiger partial charge on any atom is 0.260 e. The van der Waals surface area contributed by atoms with Gasteiger partial charge in [-0.1, -0.05) is 0 Å². The Bertz CT molecular complexity index is 541. The summed E-state index contributed by atoms with van der Waals surface area (Å²) in [6, 6.07) is 5.66. The molecule has 0 aliphatic carbocycles. The molecule has 7 nitrogen and oxygen atoms in total. The third kappa shape index (κ3) is 4.48. The molecule has 0 unspecified atom stereocenters. The van der Waals surface area contributed by atoms with E-state index < -0.39 is 16.1 Å². The zero-order valence-corrected chi connectivity index (χ0v) is 12.1. The van der Waals surface area contributed by atoms with E-state index in [0.29, 0.717) is 5.75 Å². The van der Waals surface area contributed by atoms with Gasteiger partial charge in [0.2, 0.25) is 10.0 Å². The Morgan fingerprint density at radius 1 is 1.35 bits per heavy atom. The second-order valence-electron chi connectivity index (χ2n) is 3.97. The lowest BCUT2D eigenvalue weighted by Crippen LogP contribution is -2.33. The van der Waals surface area contributed by atoms with Crippen molar-refractivity contribution in [2.24, 2.45) is 0 Å². The van der Waals surface area contributed by atoms with Crippen molar-refractivity contribution < 1.29 is 23.1 Å². The molecule has 112 valence electrons. The molecule has 0 saturated heterocycles. The summed E-state index contributed by atoms with van der Waals surface area (Å²) in [6.45, 7) is 1.27. The van der Waals surface area contributed by atoms with Crippen molar-refractivity contribution in [3.05, 3.63) is 24.3 Å². The Hall–Kier alpha value is -1.64. The quantitative estimate of drug-likeness (QED) is 0.628. The minimum absolute atomic E-state index is 0.0473. The third-order valence-electron chi connectivity index (χ3n) is 2.47. The Kier molecular flexibility index (Phi) is 5.93. The number of likely N-dealkylation sites (N-methyl/N-ethyl adjacent to an activating group) is 1. The molecule has 1 amide bonds. The van der Waals surface area contributed by atoms with Crippen molar-refractivity contribution in [2.75, 3.05) is 20.2 Å². The Labute approximate surface area is 118 Å². The number of aliphatic hydroxyl groups excluding tert-OH is 1. The van der Waals surface area contributed by atoms with Gasteiger partial charge in [-0.05, 0) is 31.2 Å². The van der Waals surface area contributed by atoms with Crippen molar-refractivity contribution in [3.63, 3.8) is 0 Å². The highest BCUT2D eigenvalue weighted by Gasteiger charge is 2.15. The number of aliphatic hydroxyl groups is 1. The van der Waals surface area contributed by atoms with Crippen LogP contribution in [0.4, 0.5) is 0 Å². The fraction of sp³-hybridized carbons (Fsp3) is 0.417. The van der Waals surface area contributed by atoms with Crippen LogP contribution in [0.5, 0.6) is 5.75 Å². The minimum Gasteiger partial charge on any atom is -0.481 e. The van der Waals surface area contributed by atoms with Crippen LogP contribution in [-0.4, -0.2) is 45.7 Å². The average Bonchev–Trinajstić information content (AvgIpc) is 2.44. The number of amides is 1. The van der Waals surface area contributed by atoms with E-state index in [0.717, 1.165) is 0 Å². The number of carbonyl (C=O) groups is 1. The van der Waals surface area contributed by atoms with Gasteiger partial charge in [0.05, 0.1) is 11.5 Å². The van der Waals surface area contributed by atoms with Crippen LogP contribution in [0.25, 0.3) is 0 Å². The topological polar surface area (TPSA) is 105 Å². The third-order valence-corrected chi connectivity index (χ3v) is 3.94. The van der Waals surface area contributed by atoms with E-state index in [1.807, 2.05) is 0 Å². The molecule has 1 aromatic carbocycles. The lowest BCUT2D eigenvalue weighted by molar-refractivity contribution is -0.126. The van der Waals surface area contributed by atoms with Crippen LogP contribution in [0.1, 0.15) is 6.92 Å². The molecular formula is C12H18N2O5S. The largest absolute Gasteiger partial charge is 0.481 e. The number of hydrogen-bond acceptors (Lipinski definition) is 5. The molecule has 0 aliphatic rings. The first-order valence-corrected chi connectivity index (χ1v) is 7.48. The number of sulfonamides is 1. The molecule has 0 radical (unpaired) electrons. The van der Waals surface area contributed by atoms with Crippen molar-refractivity contribution in [1.82, 2.24) is 10.0 Å². The molecule has 0 saturated carbocycles. The summed E-state index contributed by atoms with van der Waals surface area (Å²) in [4.78, 5) is 11.4. The fourth-order valence-corrected chi connectivity index (χ4v) is 2.44. The lowest BCUT2D eigenvalue weighted by Gasteiger charge is -2.13. The summed E-state index contributed by atoms with van der Waals surface area (Å²) in [5, 5.41) is 11.1. The first-order valence-electron chi connectivity index (χ1n) is 5.99. The van der Waals surface area contributed by atoms with Gasteiger partial charge in [-0.25, -0.2) is 13.1 Å². The molecule has 1 rings (SSSR count). The van der Waals surface area contributed by atoms with Crippen molar-refractivity contribution in [2.45, 2.75) is 17.9 Å². The molecule has 0 spiro atoms. The fourth-order valence-electron chi connectivity index (χ4n) is 1.42. The summed E-state index contributed by atoms with van der Waals surface area (Å²) in [5.41, 5.74) is 0. The summed E-state index contributed by atoms with van der Waals surface area (Å²) in [6.07, 6.45) is -0.671. The maximum absolute atomic E-state index is 11.8. The van der Waals surface area contributed by atoms with Crippen LogP contribution in [0.15, 0.2) is 29.2 Å². The number of rotatable bonds is 7. The summed E-state index contributed by atoms with van der Waals surface area (Å²) in [5.74, 6) is 0.119. The van der Waals surface area contributed by atoms with Crippen molar-refractivity contribution in [1.29, 1.82) is 0 Å². The van der Waals surface area contributed by atoms with Crippen LogP contribution in [-0.2, 0) is 14.8 Å².